The van der Waals surface area contributed by atoms with Crippen molar-refractivity contribution in [2.24, 2.45) is 5.10 Å². The minimum atomic E-state index is -0.746. The van der Waals surface area contributed by atoms with Gasteiger partial charge in [-0.3, -0.25) is 25.7 Å². The fourth-order valence-electron chi connectivity index (χ4n) is 1.84. The van der Waals surface area contributed by atoms with Crippen LogP contribution in [0.3, 0.4) is 0 Å². The van der Waals surface area contributed by atoms with Crippen molar-refractivity contribution >= 4 is 23.3 Å². The maximum absolute atomic E-state index is 11.0. The highest BCUT2D eigenvalue weighted by atomic mass is 16.6. The summed E-state index contributed by atoms with van der Waals surface area (Å²) < 4.78 is 4.91. The first kappa shape index (κ1) is 16.7. The maximum Gasteiger partial charge on any atom is 0.301 e. The third-order valence-corrected chi connectivity index (χ3v) is 2.99. The van der Waals surface area contributed by atoms with Gasteiger partial charge in [-0.2, -0.15) is 5.10 Å². The van der Waals surface area contributed by atoms with E-state index in [1.54, 1.807) is 6.07 Å². The fraction of sp³-hybridized carbons (Fsp3) is 0.0714. The minimum Gasteiger partial charge on any atom is -0.504 e. The Morgan fingerprint density at radius 1 is 1.17 bits per heavy atom. The Morgan fingerprint density at radius 3 is 2.50 bits per heavy atom. The first-order valence-corrected chi connectivity index (χ1v) is 6.51. The zero-order valence-electron chi connectivity index (χ0n) is 12.4. The highest BCUT2D eigenvalue weighted by Crippen LogP contribution is 2.29. The lowest BCUT2D eigenvalue weighted by Gasteiger charge is -2.04. The van der Waals surface area contributed by atoms with E-state index < -0.39 is 21.2 Å². The summed E-state index contributed by atoms with van der Waals surface area (Å²) in [6.45, 7) is 0. The van der Waals surface area contributed by atoms with Gasteiger partial charge in [0.1, 0.15) is 5.69 Å². The van der Waals surface area contributed by atoms with E-state index in [-0.39, 0.29) is 11.4 Å². The maximum atomic E-state index is 11.0. The molecule has 0 saturated carbocycles. The van der Waals surface area contributed by atoms with Crippen molar-refractivity contribution in [3.05, 3.63) is 62.2 Å². The third kappa shape index (κ3) is 3.74. The number of nitrogens with zero attached hydrogens (tertiary/aromatic N) is 3. The van der Waals surface area contributed by atoms with E-state index in [2.05, 4.69) is 10.5 Å². The summed E-state index contributed by atoms with van der Waals surface area (Å²) in [6, 6.07) is 7.72. The molecule has 0 saturated heterocycles. The lowest BCUT2D eigenvalue weighted by atomic mass is 10.2. The Kier molecular flexibility index (Phi) is 4.90. The molecule has 0 bridgehead atoms. The standard InChI is InChI=1S/C14H12N4O6/c1-24-14-5-2-9(6-13(14)19)8-15-16-11-4-3-10(17(20)21)7-12(11)18(22)23/h2-8,16,19H,1H3. The largest absolute Gasteiger partial charge is 0.504 e. The molecule has 0 fully saturated rings. The van der Waals surface area contributed by atoms with Gasteiger partial charge in [0.05, 0.1) is 29.2 Å². The highest BCUT2D eigenvalue weighted by molar-refractivity contribution is 5.81. The lowest BCUT2D eigenvalue weighted by molar-refractivity contribution is -0.393. The van der Waals surface area contributed by atoms with Gasteiger partial charge < -0.3 is 9.84 Å². The Balaban J connectivity index is 2.20. The van der Waals surface area contributed by atoms with Crippen LogP contribution in [0.4, 0.5) is 17.1 Å². The summed E-state index contributed by atoms with van der Waals surface area (Å²) in [6.07, 6.45) is 1.32. The van der Waals surface area contributed by atoms with Gasteiger partial charge in [0, 0.05) is 6.07 Å². The number of hydrazone groups is 1. The molecule has 0 unspecified atom stereocenters. The Morgan fingerprint density at radius 2 is 1.92 bits per heavy atom. The molecule has 124 valence electrons. The number of rotatable bonds is 6. The third-order valence-electron chi connectivity index (χ3n) is 2.99. The summed E-state index contributed by atoms with van der Waals surface area (Å²) in [5.41, 5.74) is 2.10. The second-order valence-corrected chi connectivity index (χ2v) is 4.52. The van der Waals surface area contributed by atoms with Crippen LogP contribution >= 0.6 is 0 Å². The molecule has 24 heavy (non-hydrogen) atoms. The topological polar surface area (TPSA) is 140 Å². The number of hydrogen-bond donors (Lipinski definition) is 2. The van der Waals surface area contributed by atoms with E-state index in [0.29, 0.717) is 11.3 Å². The number of anilines is 1. The van der Waals surface area contributed by atoms with Crippen molar-refractivity contribution in [1.29, 1.82) is 0 Å². The number of phenols is 1. The van der Waals surface area contributed by atoms with Crippen LogP contribution in [0.5, 0.6) is 11.5 Å². The quantitative estimate of drug-likeness (QED) is 0.470. The van der Waals surface area contributed by atoms with Crippen LogP contribution < -0.4 is 10.2 Å². The van der Waals surface area contributed by atoms with Gasteiger partial charge in [-0.15, -0.1) is 0 Å². The average molecular weight is 332 g/mol. The van der Waals surface area contributed by atoms with Crippen LogP contribution in [0.25, 0.3) is 0 Å². The van der Waals surface area contributed by atoms with E-state index >= 15 is 0 Å². The van der Waals surface area contributed by atoms with Gasteiger partial charge in [-0.05, 0) is 29.8 Å². The second kappa shape index (κ2) is 7.05. The van der Waals surface area contributed by atoms with Crippen LogP contribution in [0.15, 0.2) is 41.5 Å². The second-order valence-electron chi connectivity index (χ2n) is 4.52. The van der Waals surface area contributed by atoms with Crippen molar-refractivity contribution in [3.8, 4) is 11.5 Å². The van der Waals surface area contributed by atoms with Gasteiger partial charge in [0.25, 0.3) is 5.69 Å². The molecular formula is C14H12N4O6. The molecule has 10 nitrogen and oxygen atoms in total. The average Bonchev–Trinajstić information content (AvgIpc) is 2.55. The molecule has 2 aromatic carbocycles. The number of aromatic hydroxyl groups is 1. The number of ether oxygens (including phenoxy) is 1. The van der Waals surface area contributed by atoms with E-state index in [1.807, 2.05) is 0 Å². The van der Waals surface area contributed by atoms with E-state index in [1.165, 1.54) is 31.5 Å². The highest BCUT2D eigenvalue weighted by Gasteiger charge is 2.19. The first-order valence-electron chi connectivity index (χ1n) is 6.51. The summed E-state index contributed by atoms with van der Waals surface area (Å²) in [5, 5.41) is 35.1. The van der Waals surface area contributed by atoms with Crippen molar-refractivity contribution in [3.63, 3.8) is 0 Å². The number of hydrogen-bond acceptors (Lipinski definition) is 8. The molecule has 0 aliphatic heterocycles. The molecule has 0 spiro atoms. The monoisotopic (exact) mass is 332 g/mol. The number of methoxy groups -OCH3 is 1. The molecule has 2 aromatic rings. The predicted molar refractivity (Wildman–Crippen MR) is 85.6 cm³/mol. The molecule has 2 rings (SSSR count). The molecule has 0 heterocycles. The normalized spacial score (nSPS) is 10.5. The lowest BCUT2D eigenvalue weighted by Crippen LogP contribution is -1.98. The van der Waals surface area contributed by atoms with Crippen molar-refractivity contribution in [2.75, 3.05) is 12.5 Å². The number of phenolic OH excluding ortho intramolecular Hbond substituents is 1. The van der Waals surface area contributed by atoms with Crippen molar-refractivity contribution in [1.82, 2.24) is 0 Å². The number of nitro groups is 2. The van der Waals surface area contributed by atoms with Crippen LogP contribution in [0, 0.1) is 20.2 Å². The van der Waals surface area contributed by atoms with E-state index in [0.717, 1.165) is 12.1 Å². The number of non-ortho nitro benzene ring substituents is 1. The zero-order chi connectivity index (χ0) is 17.7. The van der Waals surface area contributed by atoms with Crippen molar-refractivity contribution < 1.29 is 19.7 Å². The molecule has 0 radical (unpaired) electrons. The van der Waals surface area contributed by atoms with Crippen LogP contribution in [0.1, 0.15) is 5.56 Å². The number of benzene rings is 2. The predicted octanol–water partition coefficient (Wildman–Crippen LogP) is 2.66. The summed E-state index contributed by atoms with van der Waals surface area (Å²) in [5.74, 6) is 0.217. The Labute approximate surface area is 135 Å². The summed E-state index contributed by atoms with van der Waals surface area (Å²) in [7, 11) is 1.41. The Bertz CT molecular complexity index is 821. The van der Waals surface area contributed by atoms with Crippen LogP contribution in [0.2, 0.25) is 0 Å². The Hall–Kier alpha value is -3.69. The number of nitrogens with one attached hydrogen (secondary N) is 1. The molecule has 2 N–H and O–H groups in total. The molecule has 0 amide bonds. The van der Waals surface area contributed by atoms with E-state index in [9.17, 15) is 25.3 Å². The van der Waals surface area contributed by atoms with Crippen molar-refractivity contribution in [2.45, 2.75) is 0 Å². The molecular weight excluding hydrogens is 320 g/mol. The molecule has 10 heteroatoms. The SMILES string of the molecule is COc1ccc(C=NNc2ccc([N+](=O)[O-])cc2[N+](=O)[O-])cc1O. The number of nitro benzene ring substituents is 2. The van der Waals surface area contributed by atoms with Crippen LogP contribution in [-0.2, 0) is 0 Å². The van der Waals surface area contributed by atoms with Gasteiger partial charge in [0.15, 0.2) is 11.5 Å². The molecule has 0 aliphatic carbocycles. The molecule has 0 aliphatic rings. The smallest absolute Gasteiger partial charge is 0.301 e. The minimum absolute atomic E-state index is 0.000386. The van der Waals surface area contributed by atoms with Gasteiger partial charge in [-0.25, -0.2) is 0 Å². The van der Waals surface area contributed by atoms with Gasteiger partial charge >= 0.3 is 5.69 Å². The van der Waals surface area contributed by atoms with Gasteiger partial charge in [-0.1, -0.05) is 0 Å². The van der Waals surface area contributed by atoms with Crippen LogP contribution in [-0.4, -0.2) is 28.3 Å². The fourth-order valence-corrected chi connectivity index (χ4v) is 1.84. The van der Waals surface area contributed by atoms with Gasteiger partial charge in [0.2, 0.25) is 0 Å². The summed E-state index contributed by atoms with van der Waals surface area (Å²) >= 11 is 0. The summed E-state index contributed by atoms with van der Waals surface area (Å²) in [4.78, 5) is 20.2. The first-order chi connectivity index (χ1) is 11.4. The molecule has 0 aromatic heterocycles. The van der Waals surface area contributed by atoms with E-state index in [4.69, 9.17) is 4.74 Å². The molecule has 0 atom stereocenters. The zero-order valence-corrected chi connectivity index (χ0v) is 12.4.